The van der Waals surface area contributed by atoms with Crippen LogP contribution in [0.3, 0.4) is 0 Å². The zero-order chi connectivity index (χ0) is 13.7. The van der Waals surface area contributed by atoms with Crippen LogP contribution in [-0.4, -0.2) is 43.7 Å². The Morgan fingerprint density at radius 1 is 1.32 bits per heavy atom. The second-order valence-corrected chi connectivity index (χ2v) is 5.83. The van der Waals surface area contributed by atoms with Crippen LogP contribution in [0.2, 0.25) is 0 Å². The van der Waals surface area contributed by atoms with Gasteiger partial charge < -0.3 is 10.1 Å². The summed E-state index contributed by atoms with van der Waals surface area (Å²) in [6, 6.07) is 11.1. The van der Waals surface area contributed by atoms with E-state index in [2.05, 4.69) is 61.3 Å². The van der Waals surface area contributed by atoms with E-state index in [1.807, 2.05) is 0 Å². The predicted molar refractivity (Wildman–Crippen MR) is 79.3 cm³/mol. The molecule has 2 rings (SSSR count). The van der Waals surface area contributed by atoms with Gasteiger partial charge in [-0.25, -0.2) is 0 Å². The Kier molecular flexibility index (Phi) is 4.97. The monoisotopic (exact) mass is 262 g/mol. The third kappa shape index (κ3) is 4.03. The van der Waals surface area contributed by atoms with E-state index in [0.29, 0.717) is 6.04 Å². The van der Waals surface area contributed by atoms with Crippen molar-refractivity contribution in [3.63, 3.8) is 0 Å². The molecule has 1 aromatic carbocycles. The van der Waals surface area contributed by atoms with Crippen LogP contribution in [0.4, 0.5) is 0 Å². The van der Waals surface area contributed by atoms with Crippen molar-refractivity contribution in [1.82, 2.24) is 10.2 Å². The standard InChI is InChI=1S/C16H26N2O/c1-14(2)17-9-10-18-11-12-19-16(3,13-18)15-7-5-4-6-8-15/h4-8,14,17H,9-13H2,1-3H3. The topological polar surface area (TPSA) is 24.5 Å². The van der Waals surface area contributed by atoms with Gasteiger partial charge in [0.05, 0.1) is 6.61 Å². The van der Waals surface area contributed by atoms with Gasteiger partial charge in [-0.05, 0) is 12.5 Å². The van der Waals surface area contributed by atoms with Crippen LogP contribution in [0.15, 0.2) is 30.3 Å². The molecule has 1 heterocycles. The molecule has 0 spiro atoms. The van der Waals surface area contributed by atoms with Gasteiger partial charge in [0.1, 0.15) is 5.60 Å². The van der Waals surface area contributed by atoms with E-state index in [0.717, 1.165) is 32.8 Å². The van der Waals surface area contributed by atoms with Crippen LogP contribution in [-0.2, 0) is 10.3 Å². The highest BCUT2D eigenvalue weighted by Crippen LogP contribution is 2.28. The first kappa shape index (κ1) is 14.5. The first-order chi connectivity index (χ1) is 9.10. The molecule has 1 N–H and O–H groups in total. The highest BCUT2D eigenvalue weighted by Gasteiger charge is 2.33. The maximum Gasteiger partial charge on any atom is 0.103 e. The van der Waals surface area contributed by atoms with Crippen molar-refractivity contribution in [2.75, 3.05) is 32.8 Å². The first-order valence-corrected chi connectivity index (χ1v) is 7.25. The predicted octanol–water partition coefficient (Wildman–Crippen LogP) is 2.23. The molecule has 0 bridgehead atoms. The van der Waals surface area contributed by atoms with Crippen LogP contribution in [0, 0.1) is 0 Å². The molecule has 0 aromatic heterocycles. The number of ether oxygens (including phenoxy) is 1. The highest BCUT2D eigenvalue weighted by molar-refractivity contribution is 5.22. The minimum absolute atomic E-state index is 0.169. The number of nitrogens with zero attached hydrogens (tertiary/aromatic N) is 1. The summed E-state index contributed by atoms with van der Waals surface area (Å²) in [4.78, 5) is 2.49. The SMILES string of the molecule is CC(C)NCCN1CCOC(C)(c2ccccc2)C1. The average molecular weight is 262 g/mol. The van der Waals surface area contributed by atoms with Gasteiger partial charge in [0.2, 0.25) is 0 Å². The molecule has 1 aliphatic rings. The largest absolute Gasteiger partial charge is 0.368 e. The third-order valence-corrected chi connectivity index (χ3v) is 3.72. The van der Waals surface area contributed by atoms with Crippen LogP contribution < -0.4 is 5.32 Å². The summed E-state index contributed by atoms with van der Waals surface area (Å²) < 4.78 is 6.05. The lowest BCUT2D eigenvalue weighted by Gasteiger charge is -2.41. The summed E-state index contributed by atoms with van der Waals surface area (Å²) >= 11 is 0. The molecule has 106 valence electrons. The molecule has 3 nitrogen and oxygen atoms in total. The molecule has 1 unspecified atom stereocenters. The maximum atomic E-state index is 6.05. The molecule has 1 atom stereocenters. The van der Waals surface area contributed by atoms with Gasteiger partial charge >= 0.3 is 0 Å². The quantitative estimate of drug-likeness (QED) is 0.880. The Balaban J connectivity index is 1.93. The fourth-order valence-corrected chi connectivity index (χ4v) is 2.62. The van der Waals surface area contributed by atoms with E-state index in [1.54, 1.807) is 0 Å². The van der Waals surface area contributed by atoms with E-state index in [-0.39, 0.29) is 5.60 Å². The summed E-state index contributed by atoms with van der Waals surface area (Å²) in [6.07, 6.45) is 0. The number of rotatable bonds is 5. The number of benzene rings is 1. The minimum Gasteiger partial charge on any atom is -0.368 e. The summed E-state index contributed by atoms with van der Waals surface area (Å²) in [5.74, 6) is 0. The molecule has 0 radical (unpaired) electrons. The summed E-state index contributed by atoms with van der Waals surface area (Å²) in [5.41, 5.74) is 1.11. The molecule has 0 aliphatic carbocycles. The molecular formula is C16H26N2O. The summed E-state index contributed by atoms with van der Waals surface area (Å²) in [7, 11) is 0. The zero-order valence-electron chi connectivity index (χ0n) is 12.4. The van der Waals surface area contributed by atoms with E-state index in [9.17, 15) is 0 Å². The summed E-state index contributed by atoms with van der Waals surface area (Å²) in [5, 5.41) is 3.48. The van der Waals surface area contributed by atoms with Gasteiger partial charge in [-0.3, -0.25) is 4.90 Å². The van der Waals surface area contributed by atoms with Gasteiger partial charge in [-0.15, -0.1) is 0 Å². The maximum absolute atomic E-state index is 6.05. The fraction of sp³-hybridized carbons (Fsp3) is 0.625. The molecular weight excluding hydrogens is 236 g/mol. The second-order valence-electron chi connectivity index (χ2n) is 5.83. The molecule has 0 amide bonds. The van der Waals surface area contributed by atoms with E-state index in [4.69, 9.17) is 4.74 Å². The van der Waals surface area contributed by atoms with E-state index in [1.165, 1.54) is 5.56 Å². The highest BCUT2D eigenvalue weighted by atomic mass is 16.5. The Morgan fingerprint density at radius 2 is 2.05 bits per heavy atom. The van der Waals surface area contributed by atoms with Crippen molar-refractivity contribution >= 4 is 0 Å². The van der Waals surface area contributed by atoms with Crippen molar-refractivity contribution in [3.8, 4) is 0 Å². The Labute approximate surface area is 116 Å². The third-order valence-electron chi connectivity index (χ3n) is 3.72. The van der Waals surface area contributed by atoms with Crippen molar-refractivity contribution in [1.29, 1.82) is 0 Å². The Hall–Kier alpha value is -0.900. The number of hydrogen-bond acceptors (Lipinski definition) is 3. The molecule has 3 heteroatoms. The molecule has 19 heavy (non-hydrogen) atoms. The molecule has 1 aromatic rings. The van der Waals surface area contributed by atoms with Gasteiger partial charge in [0.25, 0.3) is 0 Å². The zero-order valence-corrected chi connectivity index (χ0v) is 12.4. The summed E-state index contributed by atoms with van der Waals surface area (Å²) in [6.45, 7) is 11.5. The number of morpholine rings is 1. The lowest BCUT2D eigenvalue weighted by Crippen LogP contribution is -2.50. The van der Waals surface area contributed by atoms with Gasteiger partial charge in [-0.1, -0.05) is 44.2 Å². The smallest absolute Gasteiger partial charge is 0.103 e. The van der Waals surface area contributed by atoms with E-state index < -0.39 is 0 Å². The number of nitrogens with one attached hydrogen (secondary N) is 1. The van der Waals surface area contributed by atoms with Crippen LogP contribution in [0.5, 0.6) is 0 Å². The van der Waals surface area contributed by atoms with E-state index >= 15 is 0 Å². The minimum atomic E-state index is -0.169. The van der Waals surface area contributed by atoms with Crippen molar-refractivity contribution in [3.05, 3.63) is 35.9 Å². The van der Waals surface area contributed by atoms with Crippen molar-refractivity contribution in [2.24, 2.45) is 0 Å². The van der Waals surface area contributed by atoms with Crippen LogP contribution in [0.25, 0.3) is 0 Å². The van der Waals surface area contributed by atoms with Crippen molar-refractivity contribution in [2.45, 2.75) is 32.4 Å². The molecule has 1 fully saturated rings. The van der Waals surface area contributed by atoms with Gasteiger partial charge in [-0.2, -0.15) is 0 Å². The normalized spacial score (nSPS) is 24.8. The second kappa shape index (κ2) is 6.51. The molecule has 0 saturated carbocycles. The number of hydrogen-bond donors (Lipinski definition) is 1. The molecule has 1 aliphatic heterocycles. The lowest BCUT2D eigenvalue weighted by molar-refractivity contribution is -0.102. The van der Waals surface area contributed by atoms with Crippen LogP contribution >= 0.6 is 0 Å². The Bertz CT molecular complexity index is 380. The Morgan fingerprint density at radius 3 is 2.74 bits per heavy atom. The first-order valence-electron chi connectivity index (χ1n) is 7.25. The van der Waals surface area contributed by atoms with Crippen LogP contribution in [0.1, 0.15) is 26.3 Å². The lowest BCUT2D eigenvalue weighted by atomic mass is 9.94. The molecule has 1 saturated heterocycles. The van der Waals surface area contributed by atoms with Gasteiger partial charge in [0.15, 0.2) is 0 Å². The van der Waals surface area contributed by atoms with Crippen molar-refractivity contribution < 1.29 is 4.74 Å². The fourth-order valence-electron chi connectivity index (χ4n) is 2.62. The average Bonchev–Trinajstić information content (AvgIpc) is 2.39. The van der Waals surface area contributed by atoms with Gasteiger partial charge in [0, 0.05) is 32.2 Å².